The van der Waals surface area contributed by atoms with E-state index in [1.165, 1.54) is 0 Å². The molecule has 8 rings (SSSR count). The minimum absolute atomic E-state index is 0.594. The van der Waals surface area contributed by atoms with Gasteiger partial charge in [0.1, 0.15) is 28.3 Å². The Morgan fingerprint density at radius 1 is 0.500 bits per heavy atom. The SMILES string of the molecule is COc1ccc(-c2nc3ccc([n-]3)[c+](-c3ccc(OC)cc3)c3ccc([nH]3)[c+](-c3ccc(OC)cc3)c3ccc([n-]3)c3ccc2[nH]3)cc1. The van der Waals surface area contributed by atoms with Crippen LogP contribution in [0.1, 0.15) is 0 Å². The molecule has 8 nitrogen and oxygen atoms in total. The summed E-state index contributed by atoms with van der Waals surface area (Å²) in [7, 11) is 5.00. The molecule has 0 amide bonds. The highest BCUT2D eigenvalue weighted by atomic mass is 16.5. The van der Waals surface area contributed by atoms with E-state index in [-0.39, 0.29) is 0 Å². The molecule has 0 unspecified atom stereocenters. The van der Waals surface area contributed by atoms with E-state index in [0.29, 0.717) is 5.65 Å². The fourth-order valence-corrected chi connectivity index (χ4v) is 6.12. The second-order valence-corrected chi connectivity index (χ2v) is 11.4. The zero-order valence-electron chi connectivity index (χ0n) is 26.6. The molecular formula is C40H31N5O3. The summed E-state index contributed by atoms with van der Waals surface area (Å²) < 4.78 is 16.4. The Balaban J connectivity index is 1.49. The van der Waals surface area contributed by atoms with Crippen molar-refractivity contribution >= 4 is 44.3 Å². The van der Waals surface area contributed by atoms with E-state index in [4.69, 9.17) is 29.2 Å². The quantitative estimate of drug-likeness (QED) is 0.178. The number of methoxy groups -OCH3 is 3. The average Bonchev–Trinajstić information content (AvgIpc) is 3.97. The topological polar surface area (TPSA) is 100 Å². The lowest BCUT2D eigenvalue weighted by Crippen LogP contribution is -1.88. The predicted octanol–water partition coefficient (Wildman–Crippen LogP) is 8.98. The van der Waals surface area contributed by atoms with Crippen molar-refractivity contribution in [3.63, 3.8) is 0 Å². The molecule has 8 bridgehead atoms. The third kappa shape index (κ3) is 5.29. The van der Waals surface area contributed by atoms with Crippen LogP contribution in [-0.4, -0.2) is 36.3 Å². The van der Waals surface area contributed by atoms with Crippen molar-refractivity contribution in [3.05, 3.63) is 121 Å². The van der Waals surface area contributed by atoms with Gasteiger partial charge in [-0.25, -0.2) is 0 Å². The third-order valence-corrected chi connectivity index (χ3v) is 8.57. The molecule has 5 heterocycles. The molecule has 0 spiro atoms. The maximum absolute atomic E-state index is 5.47. The molecule has 3 aromatic carbocycles. The molecule has 0 saturated heterocycles. The Bertz CT molecular complexity index is 2500. The van der Waals surface area contributed by atoms with Crippen molar-refractivity contribution in [3.8, 4) is 50.8 Å². The molecule has 5 aromatic heterocycles. The molecule has 0 atom stereocenters. The molecule has 234 valence electrons. The largest absolute Gasteiger partial charge is 0.641 e. The summed E-state index contributed by atoms with van der Waals surface area (Å²) in [5, 5.41) is 0. The summed E-state index contributed by atoms with van der Waals surface area (Å²) in [5.41, 5.74) is 12.2. The Hall–Kier alpha value is -6.41. The van der Waals surface area contributed by atoms with Crippen LogP contribution in [-0.2, 0) is 0 Å². The lowest BCUT2D eigenvalue weighted by molar-refractivity contribution is 0.415. The first kappa shape index (κ1) is 29.0. The minimum Gasteiger partial charge on any atom is -0.641 e. The van der Waals surface area contributed by atoms with Gasteiger partial charge >= 0.3 is 0 Å². The molecule has 0 fully saturated rings. The summed E-state index contributed by atoms with van der Waals surface area (Å²) in [4.78, 5) is 22.6. The first-order valence-electron chi connectivity index (χ1n) is 15.5. The number of ether oxygens (including phenoxy) is 3. The van der Waals surface area contributed by atoms with E-state index in [0.717, 1.165) is 89.4 Å². The summed E-state index contributed by atoms with van der Waals surface area (Å²) in [5.74, 6) is 2.34. The minimum atomic E-state index is 0.594. The van der Waals surface area contributed by atoms with E-state index >= 15 is 0 Å². The van der Waals surface area contributed by atoms with Gasteiger partial charge in [0.25, 0.3) is 0 Å². The molecule has 48 heavy (non-hydrogen) atoms. The number of nitrogens with one attached hydrogen (secondary N) is 2. The van der Waals surface area contributed by atoms with Gasteiger partial charge < -0.3 is 39.1 Å². The van der Waals surface area contributed by atoms with Crippen LogP contribution in [0.5, 0.6) is 17.2 Å². The van der Waals surface area contributed by atoms with Gasteiger partial charge in [0.05, 0.1) is 55.7 Å². The normalized spacial score (nSPS) is 11.2. The molecule has 8 heteroatoms. The van der Waals surface area contributed by atoms with Crippen LogP contribution in [0.3, 0.4) is 0 Å². The van der Waals surface area contributed by atoms with Crippen molar-refractivity contribution in [2.45, 2.75) is 0 Å². The highest BCUT2D eigenvalue weighted by Gasteiger charge is 2.15. The van der Waals surface area contributed by atoms with Crippen LogP contribution < -0.4 is 24.2 Å². The van der Waals surface area contributed by atoms with Gasteiger partial charge in [-0.1, -0.05) is 17.6 Å². The molecule has 2 N–H and O–H groups in total. The summed E-state index contributed by atoms with van der Waals surface area (Å²) in [6, 6.07) is 40.3. The highest BCUT2D eigenvalue weighted by molar-refractivity contribution is 5.99. The van der Waals surface area contributed by atoms with Crippen molar-refractivity contribution in [1.82, 2.24) is 24.9 Å². The maximum Gasteiger partial charge on any atom is 0.134 e. The molecular weight excluding hydrogens is 598 g/mol. The van der Waals surface area contributed by atoms with E-state index in [9.17, 15) is 0 Å². The Morgan fingerprint density at radius 3 is 1.60 bits per heavy atom. The van der Waals surface area contributed by atoms with Crippen molar-refractivity contribution in [2.24, 2.45) is 0 Å². The van der Waals surface area contributed by atoms with E-state index < -0.39 is 0 Å². The number of hydrogen-bond acceptors (Lipinski definition) is 4. The van der Waals surface area contributed by atoms with Crippen LogP contribution in [0.4, 0.5) is 0 Å². The summed E-state index contributed by atoms with van der Waals surface area (Å²) >= 11 is 0. The van der Waals surface area contributed by atoms with Crippen LogP contribution in [0.25, 0.3) is 77.8 Å². The zero-order chi connectivity index (χ0) is 32.6. The first-order valence-corrected chi connectivity index (χ1v) is 15.5. The number of nitrogens with zero attached hydrogens (tertiary/aromatic N) is 3. The van der Waals surface area contributed by atoms with E-state index in [1.807, 2.05) is 91.0 Å². The molecule has 0 saturated carbocycles. The van der Waals surface area contributed by atoms with E-state index in [1.54, 1.807) is 21.3 Å². The number of rotatable bonds is 6. The van der Waals surface area contributed by atoms with Gasteiger partial charge in [-0.15, -0.1) is 5.52 Å². The van der Waals surface area contributed by atoms with Gasteiger partial charge in [0, 0.05) is 65.1 Å². The number of hydrogen-bond donors (Lipinski definition) is 2. The number of fused-ring (bicyclic) bond motifs is 9. The molecule has 8 aromatic rings. The van der Waals surface area contributed by atoms with Crippen LogP contribution >= 0.6 is 0 Å². The Kier molecular flexibility index (Phi) is 7.30. The molecule has 0 aliphatic carbocycles. The van der Waals surface area contributed by atoms with Gasteiger partial charge in [-0.2, -0.15) is 0 Å². The summed E-state index contributed by atoms with van der Waals surface area (Å²) in [6.07, 6.45) is 0. The van der Waals surface area contributed by atoms with Crippen LogP contribution in [0.15, 0.2) is 121 Å². The van der Waals surface area contributed by atoms with E-state index in [2.05, 4.69) is 40.3 Å². The fourth-order valence-electron chi connectivity index (χ4n) is 6.12. The lowest BCUT2D eigenvalue weighted by Gasteiger charge is -2.08. The maximum atomic E-state index is 5.47. The summed E-state index contributed by atoms with van der Waals surface area (Å²) in [6.45, 7) is 0. The Morgan fingerprint density at radius 2 is 1.02 bits per heavy atom. The van der Waals surface area contributed by atoms with Gasteiger partial charge in [0.2, 0.25) is 0 Å². The number of benzene rings is 3. The highest BCUT2D eigenvalue weighted by Crippen LogP contribution is 2.34. The lowest BCUT2D eigenvalue weighted by atomic mass is 10.1. The van der Waals surface area contributed by atoms with Gasteiger partial charge in [0.15, 0.2) is 0 Å². The Labute approximate surface area is 276 Å². The van der Waals surface area contributed by atoms with Crippen molar-refractivity contribution in [1.29, 1.82) is 0 Å². The first-order chi connectivity index (χ1) is 23.6. The van der Waals surface area contributed by atoms with Crippen molar-refractivity contribution < 1.29 is 14.2 Å². The zero-order valence-corrected chi connectivity index (χ0v) is 26.6. The number of aromatic nitrogens is 5. The number of aromatic amines is 2. The monoisotopic (exact) mass is 629 g/mol. The molecule has 0 radical (unpaired) electrons. The molecule has 0 aliphatic heterocycles. The van der Waals surface area contributed by atoms with Gasteiger partial charge in [-0.3, -0.25) is 0 Å². The smallest absolute Gasteiger partial charge is 0.134 e. The van der Waals surface area contributed by atoms with Crippen LogP contribution in [0, 0.1) is 0 Å². The second kappa shape index (κ2) is 12.1. The van der Waals surface area contributed by atoms with Crippen LogP contribution in [0.2, 0.25) is 0 Å². The van der Waals surface area contributed by atoms with Crippen molar-refractivity contribution in [2.75, 3.05) is 21.3 Å². The predicted molar refractivity (Wildman–Crippen MR) is 192 cm³/mol. The number of H-pyrrole nitrogens is 2. The van der Waals surface area contributed by atoms with Gasteiger partial charge in [-0.05, 0) is 65.4 Å². The third-order valence-electron chi connectivity index (χ3n) is 8.57. The molecule has 0 aliphatic rings. The standard InChI is InChI=1S/C40H31N5O3/c1-46-27-10-4-24(5-11-27)38-32-18-16-30(41-32)31-17-21-36(42-31)40(26-8-14-29(48-3)15-9-26)45-37-23-22-35(44-37)39(34-20-19-33(38)43-34)25-6-12-28(47-2)13-7-25/h4-23,42-43H,1-3H3. The fraction of sp³-hybridized carbons (Fsp3) is 0.0750. The average molecular weight is 630 g/mol. The second-order valence-electron chi connectivity index (χ2n) is 11.4.